The third-order valence-corrected chi connectivity index (χ3v) is 14.1. The summed E-state index contributed by atoms with van der Waals surface area (Å²) in [6.45, 7) is 7.16. The van der Waals surface area contributed by atoms with E-state index in [2.05, 4.69) is 4.90 Å². The van der Waals surface area contributed by atoms with Crippen LogP contribution in [0.4, 0.5) is 11.4 Å². The monoisotopic (exact) mass is 932 g/mol. The zero-order chi connectivity index (χ0) is 46.4. The number of anilines is 1. The van der Waals surface area contributed by atoms with Crippen LogP contribution in [0.1, 0.15) is 89.7 Å². The number of imide groups is 1. The van der Waals surface area contributed by atoms with E-state index in [0.717, 1.165) is 16.9 Å². The summed E-state index contributed by atoms with van der Waals surface area (Å²) in [5.74, 6) is -2.39. The molecule has 2 aromatic rings. The van der Waals surface area contributed by atoms with E-state index in [0.29, 0.717) is 67.4 Å². The van der Waals surface area contributed by atoms with Gasteiger partial charge in [0.25, 0.3) is 42.2 Å². The van der Waals surface area contributed by atoms with Crippen molar-refractivity contribution in [1.29, 1.82) is 0 Å². The number of hydrogen-bond donors (Lipinski definition) is 3. The molecule has 1 saturated heterocycles. The van der Waals surface area contributed by atoms with Gasteiger partial charge in [-0.05, 0) is 94.8 Å². The van der Waals surface area contributed by atoms with Crippen molar-refractivity contribution in [2.75, 3.05) is 37.5 Å². The number of carbonyl (C=O) groups is 3. The van der Waals surface area contributed by atoms with Crippen LogP contribution in [0.25, 0.3) is 0 Å². The Hall–Kier alpha value is -4.83. The van der Waals surface area contributed by atoms with E-state index in [1.54, 1.807) is 37.5 Å². The molecule has 342 valence electrons. The first-order chi connectivity index (χ1) is 29.5. The summed E-state index contributed by atoms with van der Waals surface area (Å²) in [5.41, 5.74) is 2.64. The number of rotatable bonds is 21. The molecule has 5 rings (SSSR count). The number of benzene rings is 2. The highest BCUT2D eigenvalue weighted by Crippen LogP contribution is 2.50. The molecule has 2 amide bonds. The molecule has 2 unspecified atom stereocenters. The summed E-state index contributed by atoms with van der Waals surface area (Å²) in [6.07, 6.45) is 14.8. The summed E-state index contributed by atoms with van der Waals surface area (Å²) in [6, 6.07) is 8.77. The fourth-order valence-corrected chi connectivity index (χ4v) is 9.94. The maximum atomic E-state index is 12.4. The van der Waals surface area contributed by atoms with Crippen LogP contribution in [0.2, 0.25) is 0 Å². The van der Waals surface area contributed by atoms with Crippen molar-refractivity contribution < 1.29 is 67.4 Å². The van der Waals surface area contributed by atoms with Crippen LogP contribution in [0, 0.1) is 0 Å². The summed E-state index contributed by atoms with van der Waals surface area (Å²) in [7, 11) is -11.8. The molecule has 3 aliphatic heterocycles. The molecule has 63 heavy (non-hydrogen) atoms. The van der Waals surface area contributed by atoms with Gasteiger partial charge in [0.15, 0.2) is 5.71 Å². The number of methoxy groups -OCH3 is 1. The summed E-state index contributed by atoms with van der Waals surface area (Å²) in [5, 5.41) is 0.503. The van der Waals surface area contributed by atoms with Gasteiger partial charge in [0, 0.05) is 80.4 Å². The van der Waals surface area contributed by atoms with Crippen LogP contribution < -0.4 is 4.90 Å². The lowest BCUT2D eigenvalue weighted by Crippen LogP contribution is -2.32. The van der Waals surface area contributed by atoms with Crippen molar-refractivity contribution in [2.24, 2.45) is 0 Å². The molecular formula is C43H54N3O14S3+. The molecule has 3 heterocycles. The fraction of sp³-hybridized carbons (Fsp3) is 0.442. The van der Waals surface area contributed by atoms with Crippen LogP contribution >= 0.6 is 0 Å². The molecule has 2 atom stereocenters. The molecule has 0 radical (unpaired) electrons. The molecular weight excluding hydrogens is 879 g/mol. The number of amides is 2. The number of unbranched alkanes of at least 4 members (excludes halogenated alkanes) is 2. The van der Waals surface area contributed by atoms with E-state index in [-0.39, 0.29) is 41.9 Å². The van der Waals surface area contributed by atoms with Gasteiger partial charge in [-0.2, -0.15) is 29.8 Å². The third kappa shape index (κ3) is 11.5. The fourth-order valence-electron chi connectivity index (χ4n) is 8.41. The van der Waals surface area contributed by atoms with Crippen molar-refractivity contribution in [1.82, 2.24) is 5.06 Å². The lowest BCUT2D eigenvalue weighted by Gasteiger charge is -2.29. The van der Waals surface area contributed by atoms with E-state index in [9.17, 15) is 53.3 Å². The van der Waals surface area contributed by atoms with E-state index >= 15 is 0 Å². The Balaban J connectivity index is 1.42. The quantitative estimate of drug-likeness (QED) is 0.0443. The summed E-state index contributed by atoms with van der Waals surface area (Å²) in [4.78, 5) is 42.6. The minimum atomic E-state index is -4.62. The molecule has 0 saturated carbocycles. The van der Waals surface area contributed by atoms with Gasteiger partial charge >= 0.3 is 5.97 Å². The van der Waals surface area contributed by atoms with E-state index in [4.69, 9.17) is 9.57 Å². The zero-order valence-corrected chi connectivity index (χ0v) is 38.0. The number of hydrogen-bond acceptors (Lipinski definition) is 12. The number of fused-ring (bicyclic) bond motifs is 2. The minimum Gasteiger partial charge on any atom is -0.385 e. The lowest BCUT2D eigenvalue weighted by atomic mass is 9.76. The number of carbonyl (C=O) groups excluding carboxylic acids is 3. The van der Waals surface area contributed by atoms with E-state index in [1.165, 1.54) is 24.3 Å². The number of allylic oxidation sites excluding steroid dienone is 8. The van der Waals surface area contributed by atoms with Gasteiger partial charge in [-0.1, -0.05) is 30.4 Å². The van der Waals surface area contributed by atoms with E-state index in [1.807, 2.05) is 49.7 Å². The minimum absolute atomic E-state index is 0.0168. The zero-order valence-electron chi connectivity index (χ0n) is 35.6. The van der Waals surface area contributed by atoms with Crippen molar-refractivity contribution >= 4 is 65.2 Å². The van der Waals surface area contributed by atoms with Crippen LogP contribution in [0.5, 0.6) is 0 Å². The van der Waals surface area contributed by atoms with Gasteiger partial charge in [0.1, 0.15) is 6.54 Å². The van der Waals surface area contributed by atoms with Gasteiger partial charge in [-0.15, -0.1) is 5.06 Å². The Morgan fingerprint density at radius 3 is 2.03 bits per heavy atom. The molecule has 3 N–H and O–H groups in total. The van der Waals surface area contributed by atoms with Gasteiger partial charge in [0.05, 0.1) is 21.0 Å². The maximum absolute atomic E-state index is 12.4. The maximum Gasteiger partial charge on any atom is 0.333 e. The Morgan fingerprint density at radius 2 is 1.41 bits per heavy atom. The van der Waals surface area contributed by atoms with Gasteiger partial charge in [0.2, 0.25) is 5.69 Å². The third-order valence-electron chi connectivity index (χ3n) is 11.6. The first kappa shape index (κ1) is 49.2. The van der Waals surface area contributed by atoms with Crippen LogP contribution in [0.3, 0.4) is 0 Å². The van der Waals surface area contributed by atoms with Crippen molar-refractivity contribution in [2.45, 2.75) is 99.2 Å². The largest absolute Gasteiger partial charge is 0.385 e. The summed E-state index contributed by atoms with van der Waals surface area (Å²) >= 11 is 0. The van der Waals surface area contributed by atoms with E-state index < -0.39 is 64.7 Å². The number of nitrogens with zero attached hydrogens (tertiary/aromatic N) is 3. The first-order valence-corrected chi connectivity index (χ1v) is 24.9. The average molecular weight is 933 g/mol. The average Bonchev–Trinajstić information content (AvgIpc) is 3.74. The molecule has 0 spiro atoms. The normalized spacial score (nSPS) is 21.3. The Bertz CT molecular complexity index is 2600. The predicted molar refractivity (Wildman–Crippen MR) is 233 cm³/mol. The van der Waals surface area contributed by atoms with Crippen LogP contribution in [-0.2, 0) is 65.1 Å². The van der Waals surface area contributed by atoms with Crippen LogP contribution in [0.15, 0.2) is 94.4 Å². The lowest BCUT2D eigenvalue weighted by molar-refractivity contribution is -0.438. The smallest absolute Gasteiger partial charge is 0.333 e. The molecule has 2 aromatic carbocycles. The Morgan fingerprint density at radius 1 is 0.794 bits per heavy atom. The molecule has 0 bridgehead atoms. The van der Waals surface area contributed by atoms with Crippen LogP contribution in [-0.4, -0.2) is 105 Å². The number of likely N-dealkylation sites (N-methyl/N-ethyl adjacent to an activating group) is 1. The standard InChI is InChI=1S/C43H53N3O14S3/c1-5-44-35-20-18-31(62(53,54)55)29-33(35)43(3,25-27-59-4)37(44)15-10-7-6-8-11-16-38-42(2,24-14-28-61(50,51)52)34-30-32(63(56,57)58)19-21-36(34)45(38)26-13-9-12-17-41(49)60-46-39(47)22-23-40(46)48/h6-8,10-11,15-16,18-21,29-30H,5,9,12-14,17,22-28H2,1-4H3,(H2-,50,51,52,53,54,55,56,57,58)/p+1. The highest BCUT2D eigenvalue weighted by molar-refractivity contribution is 7.86. The van der Waals surface area contributed by atoms with Gasteiger partial charge < -0.3 is 14.5 Å². The topological polar surface area (TPSA) is 242 Å². The molecule has 3 aliphatic rings. The van der Waals surface area contributed by atoms with Crippen molar-refractivity contribution in [3.8, 4) is 0 Å². The second-order valence-electron chi connectivity index (χ2n) is 15.9. The Kier molecular flexibility index (Phi) is 15.5. The van der Waals surface area contributed by atoms with Gasteiger partial charge in [-0.25, -0.2) is 4.79 Å². The molecule has 0 aliphatic carbocycles. The van der Waals surface area contributed by atoms with Crippen molar-refractivity contribution in [3.05, 3.63) is 95.8 Å². The Labute approximate surface area is 368 Å². The molecule has 1 fully saturated rings. The molecule has 20 heteroatoms. The number of hydroxylamine groups is 2. The molecule has 0 aromatic heterocycles. The van der Waals surface area contributed by atoms with Gasteiger partial charge in [-0.3, -0.25) is 23.2 Å². The predicted octanol–water partition coefficient (Wildman–Crippen LogP) is 5.76. The summed E-state index contributed by atoms with van der Waals surface area (Å²) < 4.78 is 109. The molecule has 17 nitrogen and oxygen atoms in total. The second kappa shape index (κ2) is 19.9. The number of ether oxygens (including phenoxy) is 1. The van der Waals surface area contributed by atoms with Crippen molar-refractivity contribution in [3.63, 3.8) is 0 Å². The highest BCUT2D eigenvalue weighted by Gasteiger charge is 2.48. The second-order valence-corrected chi connectivity index (χ2v) is 20.3. The SMILES string of the molecule is CCN1/C(=C/C=C/C=C/C=C/C2=[N+](CCCCCC(=O)ON3C(=O)CCC3=O)c3ccc(S(=O)(=O)O)cc3C2(C)CCCS(=O)(=O)O)C(C)(CCOC)c2cc(S(=O)(=O)O)ccc21. The highest BCUT2D eigenvalue weighted by atomic mass is 32.2. The first-order valence-electron chi connectivity index (χ1n) is 20.4.